The maximum Gasteiger partial charge on any atom is 0.253 e. The summed E-state index contributed by atoms with van der Waals surface area (Å²) in [4.78, 5) is 12.2. The molecule has 0 radical (unpaired) electrons. The van der Waals surface area contributed by atoms with Crippen LogP contribution in [0.4, 0.5) is 5.69 Å². The molecule has 1 amide bonds. The molecule has 1 aromatic carbocycles. The van der Waals surface area contributed by atoms with E-state index in [9.17, 15) is 4.79 Å². The molecule has 5 heteroatoms. The molecule has 23 heavy (non-hydrogen) atoms. The Bertz CT molecular complexity index is 502. The summed E-state index contributed by atoms with van der Waals surface area (Å²) >= 11 is 0. The topological polar surface area (TPSA) is 56.8 Å². The standard InChI is InChI=1S/C18H27NO4/c1-5-7-11-22-14(3)18(20)19-16-13-15(21-4)9-10-17(16)23-12-8-6-2/h5,9-10,13-14H,1,6-8,11-12H2,2-4H3,(H,19,20). The molecule has 1 atom stereocenters. The quantitative estimate of drug-likeness (QED) is 0.497. The van der Waals surface area contributed by atoms with E-state index < -0.39 is 6.10 Å². The van der Waals surface area contributed by atoms with Gasteiger partial charge in [-0.3, -0.25) is 4.79 Å². The van der Waals surface area contributed by atoms with E-state index in [-0.39, 0.29) is 5.91 Å². The van der Waals surface area contributed by atoms with E-state index in [4.69, 9.17) is 14.2 Å². The number of ether oxygens (including phenoxy) is 3. The van der Waals surface area contributed by atoms with Crippen LogP contribution in [0.2, 0.25) is 0 Å². The van der Waals surface area contributed by atoms with Gasteiger partial charge in [0.25, 0.3) is 5.91 Å². The Kier molecular flexibility index (Phi) is 8.83. The van der Waals surface area contributed by atoms with Crippen LogP contribution in [0.3, 0.4) is 0 Å². The first kappa shape index (κ1) is 19.0. The van der Waals surface area contributed by atoms with E-state index in [1.54, 1.807) is 38.3 Å². The molecule has 1 unspecified atom stereocenters. The van der Waals surface area contributed by atoms with E-state index in [1.807, 2.05) is 0 Å². The van der Waals surface area contributed by atoms with Crippen LogP contribution >= 0.6 is 0 Å². The van der Waals surface area contributed by atoms with Crippen LogP contribution in [0.5, 0.6) is 11.5 Å². The first-order valence-corrected chi connectivity index (χ1v) is 7.96. The van der Waals surface area contributed by atoms with Crippen molar-refractivity contribution in [2.75, 3.05) is 25.6 Å². The number of carbonyl (C=O) groups excluding carboxylic acids is 1. The Morgan fingerprint density at radius 1 is 1.39 bits per heavy atom. The zero-order valence-electron chi connectivity index (χ0n) is 14.3. The predicted octanol–water partition coefficient (Wildman–Crippen LogP) is 3.79. The van der Waals surface area contributed by atoms with Gasteiger partial charge in [-0.1, -0.05) is 19.4 Å². The molecular formula is C18H27NO4. The van der Waals surface area contributed by atoms with Crippen molar-refractivity contribution in [2.45, 2.75) is 39.2 Å². The summed E-state index contributed by atoms with van der Waals surface area (Å²) in [6.45, 7) is 8.52. The van der Waals surface area contributed by atoms with E-state index >= 15 is 0 Å². The number of anilines is 1. The fourth-order valence-electron chi connectivity index (χ4n) is 1.82. The number of methoxy groups -OCH3 is 1. The largest absolute Gasteiger partial charge is 0.497 e. The highest BCUT2D eigenvalue weighted by atomic mass is 16.5. The number of hydrogen-bond acceptors (Lipinski definition) is 4. The van der Waals surface area contributed by atoms with E-state index in [0.29, 0.717) is 36.8 Å². The van der Waals surface area contributed by atoms with Crippen molar-refractivity contribution in [3.8, 4) is 11.5 Å². The summed E-state index contributed by atoms with van der Waals surface area (Å²) in [5.41, 5.74) is 0.588. The lowest BCUT2D eigenvalue weighted by atomic mass is 10.2. The average molecular weight is 321 g/mol. The van der Waals surface area contributed by atoms with Gasteiger partial charge in [0.05, 0.1) is 26.0 Å². The summed E-state index contributed by atoms with van der Waals surface area (Å²) in [7, 11) is 1.58. The predicted molar refractivity (Wildman–Crippen MR) is 92.3 cm³/mol. The van der Waals surface area contributed by atoms with E-state index in [1.165, 1.54) is 0 Å². The lowest BCUT2D eigenvalue weighted by molar-refractivity contribution is -0.126. The van der Waals surface area contributed by atoms with Gasteiger partial charge in [0, 0.05) is 6.07 Å². The molecule has 0 bridgehead atoms. The summed E-state index contributed by atoms with van der Waals surface area (Å²) in [5, 5.41) is 2.84. The molecule has 0 saturated heterocycles. The number of rotatable bonds is 11. The van der Waals surface area contributed by atoms with E-state index in [0.717, 1.165) is 12.8 Å². The van der Waals surface area contributed by atoms with Crippen molar-refractivity contribution in [1.29, 1.82) is 0 Å². The summed E-state index contributed by atoms with van der Waals surface area (Å²) < 4.78 is 16.4. The second-order valence-corrected chi connectivity index (χ2v) is 5.14. The molecule has 0 fully saturated rings. The van der Waals surface area contributed by atoms with Crippen LogP contribution in [-0.4, -0.2) is 32.3 Å². The Morgan fingerprint density at radius 3 is 2.83 bits per heavy atom. The fraction of sp³-hybridized carbons (Fsp3) is 0.500. The van der Waals surface area contributed by atoms with Crippen molar-refractivity contribution in [3.05, 3.63) is 30.9 Å². The average Bonchev–Trinajstić information content (AvgIpc) is 2.56. The van der Waals surface area contributed by atoms with Crippen LogP contribution in [0, 0.1) is 0 Å². The number of carbonyl (C=O) groups is 1. The highest BCUT2D eigenvalue weighted by Crippen LogP contribution is 2.29. The van der Waals surface area contributed by atoms with Crippen molar-refractivity contribution < 1.29 is 19.0 Å². The summed E-state index contributed by atoms with van der Waals surface area (Å²) in [6.07, 6.45) is 3.92. The highest BCUT2D eigenvalue weighted by Gasteiger charge is 2.16. The minimum Gasteiger partial charge on any atom is -0.497 e. The number of nitrogens with one attached hydrogen (secondary N) is 1. The Morgan fingerprint density at radius 2 is 2.17 bits per heavy atom. The highest BCUT2D eigenvalue weighted by molar-refractivity contribution is 5.95. The molecule has 1 N–H and O–H groups in total. The second-order valence-electron chi connectivity index (χ2n) is 5.14. The first-order valence-electron chi connectivity index (χ1n) is 7.96. The van der Waals surface area contributed by atoms with Gasteiger partial charge in [0.15, 0.2) is 0 Å². The van der Waals surface area contributed by atoms with Gasteiger partial charge in [-0.05, 0) is 31.9 Å². The number of benzene rings is 1. The number of unbranched alkanes of at least 4 members (excludes halogenated alkanes) is 1. The normalized spacial score (nSPS) is 11.6. The zero-order chi connectivity index (χ0) is 17.1. The molecule has 1 rings (SSSR count). The third-order valence-corrected chi connectivity index (χ3v) is 3.26. The van der Waals surface area contributed by atoms with Gasteiger partial charge in [0.2, 0.25) is 0 Å². The lowest BCUT2D eigenvalue weighted by Gasteiger charge is -2.16. The third kappa shape index (κ3) is 6.74. The van der Waals surface area contributed by atoms with E-state index in [2.05, 4.69) is 18.8 Å². The minimum absolute atomic E-state index is 0.220. The van der Waals surface area contributed by atoms with Crippen molar-refractivity contribution in [1.82, 2.24) is 0 Å². The molecule has 128 valence electrons. The van der Waals surface area contributed by atoms with Crippen LogP contribution in [-0.2, 0) is 9.53 Å². The van der Waals surface area contributed by atoms with Gasteiger partial charge in [-0.25, -0.2) is 0 Å². The van der Waals surface area contributed by atoms with Crippen molar-refractivity contribution >= 4 is 11.6 Å². The van der Waals surface area contributed by atoms with Gasteiger partial charge in [-0.15, -0.1) is 6.58 Å². The molecule has 0 aliphatic rings. The Labute approximate surface area is 138 Å². The molecule has 0 aromatic heterocycles. The van der Waals surface area contributed by atoms with Crippen LogP contribution in [0.25, 0.3) is 0 Å². The molecule has 0 saturated carbocycles. The number of amides is 1. The SMILES string of the molecule is C=CCCOC(C)C(=O)Nc1cc(OC)ccc1OCCCC. The molecule has 1 aromatic rings. The third-order valence-electron chi connectivity index (χ3n) is 3.26. The smallest absolute Gasteiger partial charge is 0.253 e. The van der Waals surface area contributed by atoms with Crippen LogP contribution in [0.15, 0.2) is 30.9 Å². The first-order chi connectivity index (χ1) is 11.1. The van der Waals surface area contributed by atoms with Gasteiger partial charge in [-0.2, -0.15) is 0 Å². The fourth-order valence-corrected chi connectivity index (χ4v) is 1.82. The van der Waals surface area contributed by atoms with Gasteiger partial charge < -0.3 is 19.5 Å². The summed E-state index contributed by atoms with van der Waals surface area (Å²) in [5.74, 6) is 1.07. The van der Waals surface area contributed by atoms with Crippen molar-refractivity contribution in [3.63, 3.8) is 0 Å². The monoisotopic (exact) mass is 321 g/mol. The van der Waals surface area contributed by atoms with Gasteiger partial charge in [0.1, 0.15) is 17.6 Å². The lowest BCUT2D eigenvalue weighted by Crippen LogP contribution is -2.28. The van der Waals surface area contributed by atoms with Crippen molar-refractivity contribution in [2.24, 2.45) is 0 Å². The maximum absolute atomic E-state index is 12.2. The zero-order valence-corrected chi connectivity index (χ0v) is 14.3. The molecule has 0 aliphatic heterocycles. The number of hydrogen-bond donors (Lipinski definition) is 1. The van der Waals surface area contributed by atoms with Crippen LogP contribution < -0.4 is 14.8 Å². The van der Waals surface area contributed by atoms with Gasteiger partial charge >= 0.3 is 0 Å². The molecule has 0 spiro atoms. The van der Waals surface area contributed by atoms with Crippen LogP contribution in [0.1, 0.15) is 33.1 Å². The molecular weight excluding hydrogens is 294 g/mol. The molecule has 0 heterocycles. The second kappa shape index (κ2) is 10.7. The Balaban J connectivity index is 2.74. The summed E-state index contributed by atoms with van der Waals surface area (Å²) in [6, 6.07) is 5.35. The maximum atomic E-state index is 12.2. The molecule has 0 aliphatic carbocycles. The Hall–Kier alpha value is -2.01. The minimum atomic E-state index is -0.551. The molecule has 5 nitrogen and oxygen atoms in total.